The molecule has 1 aliphatic heterocycles. The molecular formula is C22H28N2O3S. The van der Waals surface area contributed by atoms with Crippen molar-refractivity contribution >= 4 is 21.6 Å². The third-order valence-corrected chi connectivity index (χ3v) is 6.97. The Hall–Kier alpha value is -2.34. The van der Waals surface area contributed by atoms with E-state index in [4.69, 9.17) is 0 Å². The highest BCUT2D eigenvalue weighted by molar-refractivity contribution is 7.93. The minimum Gasteiger partial charge on any atom is -0.345 e. The lowest BCUT2D eigenvalue weighted by Crippen LogP contribution is -2.29. The number of hydrogen-bond donors (Lipinski definition) is 1. The average Bonchev–Trinajstić information content (AvgIpc) is 3.07. The first kappa shape index (κ1) is 20.4. The molecule has 1 heterocycles. The number of unbranched alkanes of at least 4 members (excludes halogenated alkanes) is 2. The quantitative estimate of drug-likeness (QED) is 0.673. The molecule has 1 unspecified atom stereocenters. The SMILES string of the molecule is CCCCCC(NC(=O)c1cccc(N2CCCS2(=O)=O)c1)c1ccccc1. The molecule has 1 fully saturated rings. The monoisotopic (exact) mass is 400 g/mol. The lowest BCUT2D eigenvalue weighted by molar-refractivity contribution is 0.0934. The number of benzene rings is 2. The summed E-state index contributed by atoms with van der Waals surface area (Å²) in [6.07, 6.45) is 4.79. The molecule has 150 valence electrons. The summed E-state index contributed by atoms with van der Waals surface area (Å²) >= 11 is 0. The summed E-state index contributed by atoms with van der Waals surface area (Å²) < 4.78 is 25.8. The van der Waals surface area contributed by atoms with Gasteiger partial charge in [0.1, 0.15) is 0 Å². The zero-order valence-corrected chi connectivity index (χ0v) is 17.1. The fourth-order valence-electron chi connectivity index (χ4n) is 3.58. The van der Waals surface area contributed by atoms with Crippen LogP contribution in [0.25, 0.3) is 0 Å². The largest absolute Gasteiger partial charge is 0.345 e. The molecule has 6 heteroatoms. The lowest BCUT2D eigenvalue weighted by atomic mass is 10.00. The molecule has 0 radical (unpaired) electrons. The maximum absolute atomic E-state index is 12.9. The third kappa shape index (κ3) is 4.93. The van der Waals surface area contributed by atoms with Crippen LogP contribution in [0.3, 0.4) is 0 Å². The Morgan fingerprint density at radius 2 is 1.89 bits per heavy atom. The van der Waals surface area contributed by atoms with Gasteiger partial charge in [-0.25, -0.2) is 8.42 Å². The summed E-state index contributed by atoms with van der Waals surface area (Å²) in [6, 6.07) is 16.8. The molecule has 1 atom stereocenters. The van der Waals surface area contributed by atoms with Gasteiger partial charge in [0.05, 0.1) is 17.5 Å². The average molecular weight is 401 g/mol. The number of nitrogens with one attached hydrogen (secondary N) is 1. The number of sulfonamides is 1. The zero-order chi connectivity index (χ0) is 20.0. The van der Waals surface area contributed by atoms with Crippen molar-refractivity contribution in [3.8, 4) is 0 Å². The van der Waals surface area contributed by atoms with Gasteiger partial charge in [-0.05, 0) is 36.6 Å². The number of nitrogens with zero attached hydrogens (tertiary/aromatic N) is 1. The number of rotatable bonds is 8. The standard InChI is InChI=1S/C22H28N2O3S/c1-2-3-5-14-21(18-10-6-4-7-11-18)23-22(25)19-12-8-13-20(17-19)24-15-9-16-28(24,26)27/h4,6-8,10-13,17,21H,2-3,5,9,14-16H2,1H3,(H,23,25). The van der Waals surface area contributed by atoms with E-state index in [9.17, 15) is 13.2 Å². The van der Waals surface area contributed by atoms with Crippen LogP contribution in [0.4, 0.5) is 5.69 Å². The molecule has 0 bridgehead atoms. The first-order valence-corrected chi connectivity index (χ1v) is 11.6. The maximum atomic E-state index is 12.9. The topological polar surface area (TPSA) is 66.5 Å². The van der Waals surface area contributed by atoms with E-state index < -0.39 is 10.0 Å². The first-order chi connectivity index (χ1) is 13.5. The third-order valence-electron chi connectivity index (χ3n) is 5.10. The molecule has 1 amide bonds. The van der Waals surface area contributed by atoms with Crippen molar-refractivity contribution in [2.75, 3.05) is 16.6 Å². The van der Waals surface area contributed by atoms with Gasteiger partial charge in [0.2, 0.25) is 10.0 Å². The minimum atomic E-state index is -3.26. The van der Waals surface area contributed by atoms with Crippen molar-refractivity contribution in [2.45, 2.75) is 45.1 Å². The molecule has 1 saturated heterocycles. The number of hydrogen-bond acceptors (Lipinski definition) is 3. The smallest absolute Gasteiger partial charge is 0.251 e. The highest BCUT2D eigenvalue weighted by Gasteiger charge is 2.28. The Morgan fingerprint density at radius 1 is 1.11 bits per heavy atom. The van der Waals surface area contributed by atoms with E-state index in [1.165, 1.54) is 4.31 Å². The molecule has 0 aliphatic carbocycles. The molecule has 5 nitrogen and oxygen atoms in total. The molecule has 0 aromatic heterocycles. The highest BCUT2D eigenvalue weighted by Crippen LogP contribution is 2.26. The Balaban J connectivity index is 1.77. The number of amides is 1. The summed E-state index contributed by atoms with van der Waals surface area (Å²) in [6.45, 7) is 2.63. The van der Waals surface area contributed by atoms with Crippen molar-refractivity contribution < 1.29 is 13.2 Å². The second kappa shape index (κ2) is 9.24. The van der Waals surface area contributed by atoms with Gasteiger partial charge in [0, 0.05) is 12.1 Å². The Morgan fingerprint density at radius 3 is 2.57 bits per heavy atom. The Kier molecular flexibility index (Phi) is 6.73. The van der Waals surface area contributed by atoms with E-state index in [-0.39, 0.29) is 17.7 Å². The molecule has 1 aliphatic rings. The predicted octanol–water partition coefficient (Wildman–Crippen LogP) is 4.28. The maximum Gasteiger partial charge on any atom is 0.251 e. The van der Waals surface area contributed by atoms with Gasteiger partial charge in [-0.3, -0.25) is 9.10 Å². The second-order valence-electron chi connectivity index (χ2n) is 7.22. The normalized spacial score (nSPS) is 16.7. The van der Waals surface area contributed by atoms with Crippen LogP contribution in [0.2, 0.25) is 0 Å². The second-order valence-corrected chi connectivity index (χ2v) is 9.24. The van der Waals surface area contributed by atoms with Crippen molar-refractivity contribution in [1.82, 2.24) is 5.32 Å². The van der Waals surface area contributed by atoms with Crippen molar-refractivity contribution in [3.63, 3.8) is 0 Å². The van der Waals surface area contributed by atoms with Crippen LogP contribution in [-0.2, 0) is 10.0 Å². The first-order valence-electron chi connectivity index (χ1n) is 9.97. The predicted molar refractivity (Wildman–Crippen MR) is 113 cm³/mol. The Labute approximate surface area is 167 Å². The van der Waals surface area contributed by atoms with Gasteiger partial charge >= 0.3 is 0 Å². The molecule has 3 rings (SSSR count). The van der Waals surface area contributed by atoms with Crippen LogP contribution in [0.1, 0.15) is 61.0 Å². The number of carbonyl (C=O) groups is 1. The lowest BCUT2D eigenvalue weighted by Gasteiger charge is -2.21. The minimum absolute atomic E-state index is 0.0561. The Bertz CT molecular complexity index is 897. The number of carbonyl (C=O) groups excluding carboxylic acids is 1. The molecule has 2 aromatic carbocycles. The fourth-order valence-corrected chi connectivity index (χ4v) is 5.14. The van der Waals surface area contributed by atoms with Gasteiger partial charge in [0.15, 0.2) is 0 Å². The molecule has 0 spiro atoms. The molecule has 1 N–H and O–H groups in total. The molecule has 2 aromatic rings. The summed E-state index contributed by atoms with van der Waals surface area (Å²) in [5.74, 6) is -0.0134. The van der Waals surface area contributed by atoms with E-state index in [1.807, 2.05) is 30.3 Å². The van der Waals surface area contributed by atoms with E-state index in [2.05, 4.69) is 12.2 Å². The highest BCUT2D eigenvalue weighted by atomic mass is 32.2. The van der Waals surface area contributed by atoms with E-state index in [0.29, 0.717) is 24.2 Å². The number of anilines is 1. The van der Waals surface area contributed by atoms with Gasteiger partial charge in [0.25, 0.3) is 5.91 Å². The summed E-state index contributed by atoms with van der Waals surface area (Å²) in [4.78, 5) is 12.9. The van der Waals surface area contributed by atoms with E-state index >= 15 is 0 Å². The van der Waals surface area contributed by atoms with Gasteiger partial charge < -0.3 is 5.32 Å². The van der Waals surface area contributed by atoms with Crippen molar-refractivity contribution in [2.24, 2.45) is 0 Å². The van der Waals surface area contributed by atoms with Crippen LogP contribution in [0, 0.1) is 0 Å². The van der Waals surface area contributed by atoms with Gasteiger partial charge in [-0.1, -0.05) is 62.6 Å². The fraction of sp³-hybridized carbons (Fsp3) is 0.409. The van der Waals surface area contributed by atoms with Crippen LogP contribution < -0.4 is 9.62 Å². The summed E-state index contributed by atoms with van der Waals surface area (Å²) in [5.41, 5.74) is 2.13. The summed E-state index contributed by atoms with van der Waals surface area (Å²) in [5, 5.41) is 3.14. The molecular weight excluding hydrogens is 372 g/mol. The van der Waals surface area contributed by atoms with Crippen molar-refractivity contribution in [3.05, 3.63) is 65.7 Å². The van der Waals surface area contributed by atoms with Crippen LogP contribution in [-0.4, -0.2) is 26.6 Å². The van der Waals surface area contributed by atoms with Gasteiger partial charge in [-0.15, -0.1) is 0 Å². The molecule has 0 saturated carbocycles. The summed E-state index contributed by atoms with van der Waals surface area (Å²) in [7, 11) is -3.26. The van der Waals surface area contributed by atoms with Gasteiger partial charge in [-0.2, -0.15) is 0 Å². The van der Waals surface area contributed by atoms with Crippen LogP contribution >= 0.6 is 0 Å². The zero-order valence-electron chi connectivity index (χ0n) is 16.3. The van der Waals surface area contributed by atoms with Crippen LogP contribution in [0.15, 0.2) is 54.6 Å². The van der Waals surface area contributed by atoms with E-state index in [0.717, 1.165) is 31.2 Å². The van der Waals surface area contributed by atoms with Crippen LogP contribution in [0.5, 0.6) is 0 Å². The van der Waals surface area contributed by atoms with Crippen molar-refractivity contribution in [1.29, 1.82) is 0 Å². The molecule has 28 heavy (non-hydrogen) atoms. The van der Waals surface area contributed by atoms with E-state index in [1.54, 1.807) is 24.3 Å².